The van der Waals surface area contributed by atoms with E-state index < -0.39 is 0 Å². The highest BCUT2D eigenvalue weighted by Crippen LogP contribution is 2.55. The molecule has 5 rings (SSSR count). The Morgan fingerprint density at radius 2 is 1.53 bits per heavy atom. The summed E-state index contributed by atoms with van der Waals surface area (Å²) >= 11 is 0. The molecule has 2 heteroatoms. The van der Waals surface area contributed by atoms with Crippen molar-refractivity contribution < 1.29 is 0 Å². The van der Waals surface area contributed by atoms with E-state index in [1.807, 2.05) is 0 Å². The largest absolute Gasteiger partial charge is 0.302 e. The van der Waals surface area contributed by atoms with E-state index in [9.17, 15) is 0 Å². The molecule has 5 atom stereocenters. The fraction of sp³-hybridized carbons (Fsp3) is 0.667. The molecule has 0 radical (unpaired) electrons. The first-order chi connectivity index (χ1) is 15.8. The quantitative estimate of drug-likeness (QED) is 0.394. The molecule has 4 heterocycles. The van der Waals surface area contributed by atoms with Crippen molar-refractivity contribution >= 4 is 0 Å². The predicted octanol–water partition coefficient (Wildman–Crippen LogP) is 6.69. The zero-order chi connectivity index (χ0) is 21.6. The number of fused-ring (bicyclic) bond motifs is 1. The van der Waals surface area contributed by atoms with Crippen LogP contribution in [0.25, 0.3) is 0 Å². The second kappa shape index (κ2) is 10.7. The Hall–Kier alpha value is -1.38. The molecule has 0 aromatic heterocycles. The van der Waals surface area contributed by atoms with Gasteiger partial charge >= 0.3 is 0 Å². The van der Waals surface area contributed by atoms with Crippen LogP contribution in [0.5, 0.6) is 0 Å². The molecule has 0 N–H and O–H groups in total. The van der Waals surface area contributed by atoms with E-state index in [0.717, 1.165) is 37.1 Å². The Kier molecular flexibility index (Phi) is 7.49. The summed E-state index contributed by atoms with van der Waals surface area (Å²) in [6.45, 7) is 6.54. The molecule has 5 aliphatic rings. The molecule has 32 heavy (non-hydrogen) atoms. The molecule has 0 aromatic carbocycles. The Labute approximate surface area is 196 Å². The highest BCUT2D eigenvalue weighted by molar-refractivity contribution is 5.23. The topological polar surface area (TPSA) is 6.48 Å². The molecule has 2 nitrogen and oxygen atoms in total. The van der Waals surface area contributed by atoms with Crippen molar-refractivity contribution in [2.75, 3.05) is 32.7 Å². The predicted molar refractivity (Wildman–Crippen MR) is 137 cm³/mol. The number of hydrogen-bond donors (Lipinski definition) is 0. The van der Waals surface area contributed by atoms with Crippen LogP contribution >= 0.6 is 0 Å². The van der Waals surface area contributed by atoms with Crippen LogP contribution in [0.4, 0.5) is 0 Å². The highest BCUT2D eigenvalue weighted by atomic mass is 15.2. The maximum absolute atomic E-state index is 2.95. The van der Waals surface area contributed by atoms with Crippen molar-refractivity contribution in [2.24, 2.45) is 17.3 Å². The molecular weight excluding hydrogens is 388 g/mol. The van der Waals surface area contributed by atoms with E-state index in [4.69, 9.17) is 0 Å². The molecule has 0 amide bonds. The average molecular weight is 433 g/mol. The van der Waals surface area contributed by atoms with Gasteiger partial charge in [0.05, 0.1) is 0 Å². The molecular formula is C30H44N2. The fourth-order valence-electron chi connectivity index (χ4n) is 7.52. The van der Waals surface area contributed by atoms with Gasteiger partial charge in [-0.3, -0.25) is 4.90 Å². The van der Waals surface area contributed by atoms with Crippen molar-refractivity contribution in [2.45, 2.75) is 76.7 Å². The minimum absolute atomic E-state index is 0.494. The van der Waals surface area contributed by atoms with E-state index in [1.165, 1.54) is 84.1 Å². The Morgan fingerprint density at radius 1 is 0.750 bits per heavy atom. The smallest absolute Gasteiger partial charge is 0.0310 e. The zero-order valence-electron chi connectivity index (χ0n) is 20.1. The van der Waals surface area contributed by atoms with Crippen LogP contribution in [-0.4, -0.2) is 48.6 Å². The Morgan fingerprint density at radius 3 is 2.44 bits per heavy atom. The molecule has 0 aromatic rings. The summed E-state index contributed by atoms with van der Waals surface area (Å²) in [5.74, 6) is 1.80. The van der Waals surface area contributed by atoms with Gasteiger partial charge in [-0.25, -0.2) is 0 Å². The van der Waals surface area contributed by atoms with Crippen LogP contribution in [0, 0.1) is 17.3 Å². The van der Waals surface area contributed by atoms with Crippen LogP contribution in [-0.2, 0) is 0 Å². The second-order valence-electron chi connectivity index (χ2n) is 11.1. The minimum atomic E-state index is 0.494. The molecule has 3 fully saturated rings. The standard InChI is InChI=1S/C30H44N2/c1-2-4-7-11-15-19-31-23-27-21-26-17-13-9-5-8-12-16-20-32-25-30(24-31,18-14-10-6-3-1)28(27)22-29(26)32/h1-2,5-7,9-11,17,27-29H,3-4,8,12-16,18-25H2/b2-1-,9-5-,10-6-,11-7-,26-17-/t27-,28-,29+,30-/m1/s1. The lowest BCUT2D eigenvalue weighted by atomic mass is 9.54. The molecule has 1 aliphatic carbocycles. The average Bonchev–Trinajstić information content (AvgIpc) is 2.84. The van der Waals surface area contributed by atoms with E-state index in [0.29, 0.717) is 5.41 Å². The van der Waals surface area contributed by atoms with E-state index >= 15 is 0 Å². The van der Waals surface area contributed by atoms with Gasteiger partial charge < -0.3 is 4.90 Å². The van der Waals surface area contributed by atoms with Gasteiger partial charge in [-0.1, -0.05) is 60.3 Å². The van der Waals surface area contributed by atoms with Gasteiger partial charge in [-0.2, -0.15) is 0 Å². The number of piperidine rings is 2. The van der Waals surface area contributed by atoms with E-state index in [-0.39, 0.29) is 0 Å². The summed E-state index contributed by atoms with van der Waals surface area (Å²) in [6, 6.07) is 0.736. The number of nitrogens with zero attached hydrogens (tertiary/aromatic N) is 2. The third-order valence-electron chi connectivity index (χ3n) is 8.96. The molecule has 4 aliphatic heterocycles. The van der Waals surface area contributed by atoms with Gasteiger partial charge in [-0.05, 0) is 94.4 Å². The number of hydrogen-bond acceptors (Lipinski definition) is 2. The Bertz CT molecular complexity index is 772. The summed E-state index contributed by atoms with van der Waals surface area (Å²) in [5, 5.41) is 0. The van der Waals surface area contributed by atoms with Crippen molar-refractivity contribution in [3.8, 4) is 0 Å². The highest BCUT2D eigenvalue weighted by Gasteiger charge is 2.55. The first-order valence-corrected chi connectivity index (χ1v) is 13.6. The number of rotatable bonds is 0. The molecule has 1 saturated carbocycles. The summed E-state index contributed by atoms with van der Waals surface area (Å²) in [4.78, 5) is 5.82. The van der Waals surface area contributed by atoms with Crippen LogP contribution < -0.4 is 0 Å². The van der Waals surface area contributed by atoms with E-state index in [2.05, 4.69) is 64.5 Å². The van der Waals surface area contributed by atoms with Gasteiger partial charge in [0, 0.05) is 32.2 Å². The van der Waals surface area contributed by atoms with E-state index in [1.54, 1.807) is 5.57 Å². The minimum Gasteiger partial charge on any atom is -0.302 e. The molecule has 2 saturated heterocycles. The van der Waals surface area contributed by atoms with Crippen LogP contribution in [0.3, 0.4) is 0 Å². The van der Waals surface area contributed by atoms with Crippen molar-refractivity contribution in [3.63, 3.8) is 0 Å². The van der Waals surface area contributed by atoms with Gasteiger partial charge in [-0.15, -0.1) is 0 Å². The first-order valence-electron chi connectivity index (χ1n) is 13.6. The molecule has 1 unspecified atom stereocenters. The van der Waals surface area contributed by atoms with Crippen molar-refractivity contribution in [3.05, 3.63) is 60.3 Å². The first kappa shape index (κ1) is 22.4. The van der Waals surface area contributed by atoms with Crippen molar-refractivity contribution in [1.82, 2.24) is 9.80 Å². The third kappa shape index (κ3) is 5.07. The van der Waals surface area contributed by atoms with Gasteiger partial charge in [0.15, 0.2) is 0 Å². The maximum atomic E-state index is 2.95. The SMILES string of the molecule is C1=C\C/C=C\CC[C@@]23CN(CC/C=C\C/1)C[C@H]1C/C4=C/C/C=C\CCCCN(C2)[C@H]4C[C@H]13. The number of allylic oxidation sites excluding steroid dienone is 8. The Balaban J connectivity index is 1.43. The lowest BCUT2D eigenvalue weighted by molar-refractivity contribution is -0.107. The summed E-state index contributed by atoms with van der Waals surface area (Å²) < 4.78 is 0. The van der Waals surface area contributed by atoms with Gasteiger partial charge in [0.25, 0.3) is 0 Å². The monoisotopic (exact) mass is 432 g/mol. The van der Waals surface area contributed by atoms with Gasteiger partial charge in [0.1, 0.15) is 0 Å². The fourth-order valence-corrected chi connectivity index (χ4v) is 7.52. The maximum Gasteiger partial charge on any atom is 0.0310 e. The summed E-state index contributed by atoms with van der Waals surface area (Å²) in [6.07, 6.45) is 35.7. The lowest BCUT2D eigenvalue weighted by Gasteiger charge is -2.62. The molecule has 4 bridgehead atoms. The summed E-state index contributed by atoms with van der Waals surface area (Å²) in [5.41, 5.74) is 2.28. The summed E-state index contributed by atoms with van der Waals surface area (Å²) in [7, 11) is 0. The third-order valence-corrected chi connectivity index (χ3v) is 8.96. The van der Waals surface area contributed by atoms with Crippen LogP contribution in [0.2, 0.25) is 0 Å². The van der Waals surface area contributed by atoms with Gasteiger partial charge in [0.2, 0.25) is 0 Å². The molecule has 1 spiro atoms. The van der Waals surface area contributed by atoms with Crippen LogP contribution in [0.1, 0.15) is 70.6 Å². The zero-order valence-corrected chi connectivity index (χ0v) is 20.1. The normalized spacial score (nSPS) is 44.4. The van der Waals surface area contributed by atoms with Crippen molar-refractivity contribution in [1.29, 1.82) is 0 Å². The second-order valence-corrected chi connectivity index (χ2v) is 11.1. The lowest BCUT2D eigenvalue weighted by Crippen LogP contribution is -2.65. The molecule has 174 valence electrons. The van der Waals surface area contributed by atoms with Crippen LogP contribution in [0.15, 0.2) is 60.3 Å².